The minimum absolute atomic E-state index is 0.0352. The van der Waals surface area contributed by atoms with E-state index in [4.69, 9.17) is 0 Å². The summed E-state index contributed by atoms with van der Waals surface area (Å²) in [5, 5.41) is 5.83. The summed E-state index contributed by atoms with van der Waals surface area (Å²) < 4.78 is 27.9. The van der Waals surface area contributed by atoms with Crippen LogP contribution in [0.5, 0.6) is 0 Å². The molecule has 0 aliphatic carbocycles. The number of carbonyl (C=O) groups is 1. The fraction of sp³-hybridized carbons (Fsp3) is 0.350. The van der Waals surface area contributed by atoms with E-state index in [1.54, 1.807) is 24.3 Å². The van der Waals surface area contributed by atoms with Crippen LogP contribution in [0, 0.1) is 6.92 Å². The fourth-order valence-electron chi connectivity index (χ4n) is 3.12. The van der Waals surface area contributed by atoms with E-state index in [1.807, 2.05) is 25.1 Å². The molecule has 1 saturated heterocycles. The molecule has 0 saturated carbocycles. The number of rotatable bonds is 6. The lowest BCUT2D eigenvalue weighted by atomic mass is 10.2. The van der Waals surface area contributed by atoms with E-state index in [9.17, 15) is 13.2 Å². The number of aryl methyl sites for hydroxylation is 1. The van der Waals surface area contributed by atoms with Crippen LogP contribution in [0.1, 0.15) is 24.8 Å². The predicted octanol–water partition coefficient (Wildman–Crippen LogP) is 3.98. The largest absolute Gasteiger partial charge is 0.376 e. The molecule has 3 rings (SSSR count). The van der Waals surface area contributed by atoms with Crippen LogP contribution >= 0.6 is 15.9 Å². The Morgan fingerprint density at radius 2 is 1.86 bits per heavy atom. The first kappa shape index (κ1) is 20.8. The average molecular weight is 466 g/mol. The summed E-state index contributed by atoms with van der Waals surface area (Å²) in [6.45, 7) is 3.14. The third-order valence-corrected chi connectivity index (χ3v) is 7.19. The lowest BCUT2D eigenvalue weighted by Crippen LogP contribution is -2.35. The van der Waals surface area contributed by atoms with Crippen molar-refractivity contribution in [1.82, 2.24) is 4.31 Å². The number of nitrogens with one attached hydrogen (secondary N) is 2. The maximum atomic E-state index is 12.8. The van der Waals surface area contributed by atoms with Crippen LogP contribution in [-0.2, 0) is 14.8 Å². The molecule has 0 atom stereocenters. The quantitative estimate of drug-likeness (QED) is 0.675. The van der Waals surface area contributed by atoms with Crippen LogP contribution in [0.4, 0.5) is 11.4 Å². The molecule has 0 bridgehead atoms. The maximum absolute atomic E-state index is 12.8. The molecule has 1 aliphatic heterocycles. The van der Waals surface area contributed by atoms with E-state index in [1.165, 1.54) is 4.31 Å². The van der Waals surface area contributed by atoms with E-state index in [-0.39, 0.29) is 17.3 Å². The highest BCUT2D eigenvalue weighted by molar-refractivity contribution is 9.10. The summed E-state index contributed by atoms with van der Waals surface area (Å²) in [5.41, 5.74) is 2.38. The Balaban J connectivity index is 1.63. The van der Waals surface area contributed by atoms with Gasteiger partial charge < -0.3 is 10.6 Å². The van der Waals surface area contributed by atoms with E-state index in [0.717, 1.165) is 29.3 Å². The second-order valence-electron chi connectivity index (χ2n) is 6.88. The summed E-state index contributed by atoms with van der Waals surface area (Å²) in [5.74, 6) is -0.214. The van der Waals surface area contributed by atoms with E-state index in [0.29, 0.717) is 24.5 Å². The van der Waals surface area contributed by atoms with Gasteiger partial charge in [0.2, 0.25) is 15.9 Å². The van der Waals surface area contributed by atoms with Crippen molar-refractivity contribution in [3.05, 3.63) is 52.5 Å². The third-order valence-electron chi connectivity index (χ3n) is 4.64. The maximum Gasteiger partial charge on any atom is 0.243 e. The Morgan fingerprint density at radius 3 is 2.57 bits per heavy atom. The van der Waals surface area contributed by atoms with Gasteiger partial charge in [-0.05, 0) is 71.6 Å². The van der Waals surface area contributed by atoms with E-state index >= 15 is 0 Å². The molecule has 150 valence electrons. The molecule has 0 unspecified atom stereocenters. The molecular weight excluding hydrogens is 442 g/mol. The first-order valence-corrected chi connectivity index (χ1v) is 11.5. The van der Waals surface area contributed by atoms with Crippen molar-refractivity contribution in [3.63, 3.8) is 0 Å². The number of carbonyl (C=O) groups excluding carboxylic acids is 1. The Kier molecular flexibility index (Phi) is 6.74. The van der Waals surface area contributed by atoms with Crippen molar-refractivity contribution in [2.45, 2.75) is 31.1 Å². The summed E-state index contributed by atoms with van der Waals surface area (Å²) in [4.78, 5) is 12.5. The first-order valence-electron chi connectivity index (χ1n) is 9.26. The van der Waals surface area contributed by atoms with Crippen LogP contribution in [0.2, 0.25) is 0 Å². The molecule has 28 heavy (non-hydrogen) atoms. The minimum atomic E-state index is -3.49. The van der Waals surface area contributed by atoms with Gasteiger partial charge >= 0.3 is 0 Å². The van der Waals surface area contributed by atoms with Crippen molar-refractivity contribution in [1.29, 1.82) is 0 Å². The number of hydrogen-bond donors (Lipinski definition) is 2. The predicted molar refractivity (Wildman–Crippen MR) is 115 cm³/mol. The van der Waals surface area contributed by atoms with Gasteiger partial charge in [-0.15, -0.1) is 0 Å². The van der Waals surface area contributed by atoms with Gasteiger partial charge in [0.1, 0.15) is 0 Å². The third kappa shape index (κ3) is 5.12. The number of sulfonamides is 1. The van der Waals surface area contributed by atoms with Crippen molar-refractivity contribution in [2.24, 2.45) is 0 Å². The molecule has 1 heterocycles. The molecule has 8 heteroatoms. The van der Waals surface area contributed by atoms with Crippen LogP contribution in [0.15, 0.2) is 51.8 Å². The minimum Gasteiger partial charge on any atom is -0.376 e. The average Bonchev–Trinajstić information content (AvgIpc) is 2.69. The Labute approximate surface area is 174 Å². The van der Waals surface area contributed by atoms with Crippen molar-refractivity contribution >= 4 is 43.2 Å². The summed E-state index contributed by atoms with van der Waals surface area (Å²) >= 11 is 3.43. The number of nitrogens with zero attached hydrogens (tertiary/aromatic N) is 1. The molecule has 2 aromatic carbocycles. The van der Waals surface area contributed by atoms with Gasteiger partial charge in [-0.3, -0.25) is 4.79 Å². The van der Waals surface area contributed by atoms with Gasteiger partial charge in [0.25, 0.3) is 0 Å². The van der Waals surface area contributed by atoms with Crippen LogP contribution in [0.25, 0.3) is 0 Å². The summed E-state index contributed by atoms with van der Waals surface area (Å²) in [6.07, 6.45) is 2.86. The molecule has 2 aromatic rings. The first-order chi connectivity index (χ1) is 13.4. The second-order valence-corrected chi connectivity index (χ2v) is 9.67. The SMILES string of the molecule is Cc1ccc(NC(=O)CNc2cccc(S(=O)(=O)N3CCCCC3)c2)c(Br)c1. The molecule has 0 spiro atoms. The fourth-order valence-corrected chi connectivity index (χ4v) is 5.27. The molecule has 0 radical (unpaired) electrons. The summed E-state index contributed by atoms with van der Waals surface area (Å²) in [6, 6.07) is 12.3. The monoisotopic (exact) mass is 465 g/mol. The molecule has 0 aromatic heterocycles. The highest BCUT2D eigenvalue weighted by atomic mass is 79.9. The van der Waals surface area contributed by atoms with Crippen LogP contribution in [-0.4, -0.2) is 38.3 Å². The van der Waals surface area contributed by atoms with Gasteiger partial charge in [0.15, 0.2) is 0 Å². The number of hydrogen-bond acceptors (Lipinski definition) is 4. The number of halogens is 1. The number of benzene rings is 2. The zero-order valence-electron chi connectivity index (χ0n) is 15.7. The van der Waals surface area contributed by atoms with Gasteiger partial charge in [-0.2, -0.15) is 4.31 Å². The zero-order chi connectivity index (χ0) is 20.1. The molecule has 6 nitrogen and oxygen atoms in total. The lowest BCUT2D eigenvalue weighted by molar-refractivity contribution is -0.114. The topological polar surface area (TPSA) is 78.5 Å². The molecule has 1 amide bonds. The van der Waals surface area contributed by atoms with Gasteiger partial charge in [0.05, 0.1) is 17.1 Å². The normalized spacial score (nSPS) is 15.2. The van der Waals surface area contributed by atoms with Gasteiger partial charge in [0, 0.05) is 23.2 Å². The number of anilines is 2. The zero-order valence-corrected chi connectivity index (χ0v) is 18.1. The van der Waals surface area contributed by atoms with Crippen molar-refractivity contribution in [3.8, 4) is 0 Å². The van der Waals surface area contributed by atoms with Crippen LogP contribution in [0.3, 0.4) is 0 Å². The highest BCUT2D eigenvalue weighted by Gasteiger charge is 2.25. The van der Waals surface area contributed by atoms with Crippen molar-refractivity contribution in [2.75, 3.05) is 30.3 Å². The Hall–Kier alpha value is -1.90. The molecular formula is C20H24BrN3O3S. The smallest absolute Gasteiger partial charge is 0.243 e. The van der Waals surface area contributed by atoms with E-state index in [2.05, 4.69) is 26.6 Å². The van der Waals surface area contributed by atoms with Gasteiger partial charge in [-0.1, -0.05) is 18.6 Å². The number of amides is 1. The number of piperidine rings is 1. The van der Waals surface area contributed by atoms with Crippen LogP contribution < -0.4 is 10.6 Å². The van der Waals surface area contributed by atoms with Crippen molar-refractivity contribution < 1.29 is 13.2 Å². The Bertz CT molecular complexity index is 957. The second kappa shape index (κ2) is 9.07. The molecule has 1 aliphatic rings. The standard InChI is InChI=1S/C20H24BrN3O3S/c1-15-8-9-19(18(21)12-15)23-20(25)14-22-16-6-5-7-17(13-16)28(26,27)24-10-3-2-4-11-24/h5-9,12-13,22H,2-4,10-11,14H2,1H3,(H,23,25). The Morgan fingerprint density at radius 1 is 1.11 bits per heavy atom. The molecule has 1 fully saturated rings. The highest BCUT2D eigenvalue weighted by Crippen LogP contribution is 2.24. The summed E-state index contributed by atoms with van der Waals surface area (Å²) in [7, 11) is -3.49. The lowest BCUT2D eigenvalue weighted by Gasteiger charge is -2.26. The van der Waals surface area contributed by atoms with Gasteiger partial charge in [-0.25, -0.2) is 8.42 Å². The molecule has 2 N–H and O–H groups in total. The van der Waals surface area contributed by atoms with E-state index < -0.39 is 10.0 Å².